The second kappa shape index (κ2) is 9.26. The lowest BCUT2D eigenvalue weighted by atomic mass is 10.0. The first-order valence-corrected chi connectivity index (χ1v) is 13.1. The number of halogens is 1. The molecule has 32 heavy (non-hydrogen) atoms. The molecule has 2 aromatic rings. The number of carbonyl (C=O) groups is 2. The van der Waals surface area contributed by atoms with Crippen molar-refractivity contribution in [1.82, 2.24) is 15.3 Å². The topological polar surface area (TPSA) is 133 Å². The number of nitrogens with zero attached hydrogens (tertiary/aromatic N) is 2. The molecule has 1 atom stereocenters. The average molecular weight is 530 g/mol. The zero-order chi connectivity index (χ0) is 23.7. The number of aromatic amines is 1. The van der Waals surface area contributed by atoms with Crippen LogP contribution in [0.2, 0.25) is 0 Å². The van der Waals surface area contributed by atoms with E-state index in [-0.39, 0.29) is 6.04 Å². The molecule has 3 rings (SSSR count). The van der Waals surface area contributed by atoms with Crippen LogP contribution in [-0.4, -0.2) is 67.1 Å². The quantitative estimate of drug-likeness (QED) is 0.542. The van der Waals surface area contributed by atoms with Gasteiger partial charge in [-0.05, 0) is 49.5 Å². The van der Waals surface area contributed by atoms with Crippen molar-refractivity contribution in [2.75, 3.05) is 35.3 Å². The standard InChI is InChI=1S/C20H28BrN5O5S/c1-20(2,3)31-19(28)24-12-6-5-7-26(10-12)17-13(21)8-22-18-16(17)14(9-23-18)25-15(27)11-32(4,29)30/h8-9,12H,5-7,10-11H2,1-4H3,(H,22,23)(H,24,28)(H,25,27). The van der Waals surface area contributed by atoms with Gasteiger partial charge in [0.2, 0.25) is 5.91 Å². The third kappa shape index (κ3) is 6.35. The maximum absolute atomic E-state index is 12.2. The Bertz CT molecular complexity index is 1130. The highest BCUT2D eigenvalue weighted by Crippen LogP contribution is 2.39. The van der Waals surface area contributed by atoms with Crippen molar-refractivity contribution < 1.29 is 22.7 Å². The maximum atomic E-state index is 12.2. The van der Waals surface area contributed by atoms with E-state index >= 15 is 0 Å². The smallest absolute Gasteiger partial charge is 0.407 e. The number of sulfone groups is 1. The molecule has 1 aliphatic heterocycles. The third-order valence-electron chi connectivity index (χ3n) is 4.76. The molecule has 0 aromatic carbocycles. The fourth-order valence-electron chi connectivity index (χ4n) is 3.66. The number of hydrogen-bond donors (Lipinski definition) is 3. The van der Waals surface area contributed by atoms with Gasteiger partial charge in [0.1, 0.15) is 17.0 Å². The summed E-state index contributed by atoms with van der Waals surface area (Å²) in [6.45, 7) is 6.73. The first kappa shape index (κ1) is 24.3. The van der Waals surface area contributed by atoms with Crippen LogP contribution in [0.4, 0.5) is 16.2 Å². The summed E-state index contributed by atoms with van der Waals surface area (Å²) in [7, 11) is -3.46. The summed E-state index contributed by atoms with van der Waals surface area (Å²) in [5.74, 6) is -1.23. The second-order valence-electron chi connectivity index (χ2n) is 8.93. The van der Waals surface area contributed by atoms with E-state index in [9.17, 15) is 18.0 Å². The highest BCUT2D eigenvalue weighted by atomic mass is 79.9. The maximum Gasteiger partial charge on any atom is 0.407 e. The molecule has 1 unspecified atom stereocenters. The molecule has 0 aliphatic carbocycles. The largest absolute Gasteiger partial charge is 0.444 e. The zero-order valence-corrected chi connectivity index (χ0v) is 20.9. The van der Waals surface area contributed by atoms with Gasteiger partial charge in [-0.3, -0.25) is 4.79 Å². The Hall–Kier alpha value is -2.34. The Labute approximate surface area is 195 Å². The molecule has 3 heterocycles. The Morgan fingerprint density at radius 2 is 2.09 bits per heavy atom. The molecule has 1 fully saturated rings. The zero-order valence-electron chi connectivity index (χ0n) is 18.5. The number of aromatic nitrogens is 2. The molecule has 2 aromatic heterocycles. The van der Waals surface area contributed by atoms with E-state index in [1.807, 2.05) is 20.8 Å². The van der Waals surface area contributed by atoms with Gasteiger partial charge in [-0.15, -0.1) is 0 Å². The lowest BCUT2D eigenvalue weighted by Gasteiger charge is -2.36. The summed E-state index contributed by atoms with van der Waals surface area (Å²) in [6.07, 6.45) is 5.47. The van der Waals surface area contributed by atoms with Gasteiger partial charge in [0.15, 0.2) is 9.84 Å². The first-order chi connectivity index (χ1) is 14.8. The van der Waals surface area contributed by atoms with Crippen molar-refractivity contribution in [2.45, 2.75) is 45.3 Å². The van der Waals surface area contributed by atoms with Gasteiger partial charge in [-0.1, -0.05) is 0 Å². The number of carbonyl (C=O) groups excluding carboxylic acids is 2. The highest BCUT2D eigenvalue weighted by Gasteiger charge is 2.28. The molecule has 0 saturated carbocycles. The minimum atomic E-state index is -3.46. The van der Waals surface area contributed by atoms with E-state index in [1.165, 1.54) is 0 Å². The Morgan fingerprint density at radius 3 is 2.75 bits per heavy atom. The minimum absolute atomic E-state index is 0.115. The lowest BCUT2D eigenvalue weighted by Crippen LogP contribution is -2.49. The minimum Gasteiger partial charge on any atom is -0.444 e. The van der Waals surface area contributed by atoms with Crippen LogP contribution in [0.15, 0.2) is 16.9 Å². The van der Waals surface area contributed by atoms with E-state index < -0.39 is 33.2 Å². The Balaban J connectivity index is 1.86. The molecule has 1 saturated heterocycles. The van der Waals surface area contributed by atoms with Crippen LogP contribution in [0.1, 0.15) is 33.6 Å². The molecule has 10 nitrogen and oxygen atoms in total. The summed E-state index contributed by atoms with van der Waals surface area (Å²) in [5, 5.41) is 6.27. The van der Waals surface area contributed by atoms with Crippen molar-refractivity contribution in [1.29, 1.82) is 0 Å². The number of rotatable bonds is 5. The molecule has 0 bridgehead atoms. The fourth-order valence-corrected chi connectivity index (χ4v) is 4.76. The Morgan fingerprint density at radius 1 is 1.38 bits per heavy atom. The summed E-state index contributed by atoms with van der Waals surface area (Å²) in [5.41, 5.74) is 1.23. The van der Waals surface area contributed by atoms with Crippen LogP contribution in [0, 0.1) is 0 Å². The predicted octanol–water partition coefficient (Wildman–Crippen LogP) is 2.80. The van der Waals surface area contributed by atoms with Gasteiger partial charge < -0.3 is 25.3 Å². The van der Waals surface area contributed by atoms with Gasteiger partial charge in [0.25, 0.3) is 0 Å². The molecule has 3 N–H and O–H groups in total. The van der Waals surface area contributed by atoms with Gasteiger partial charge in [0.05, 0.1) is 21.2 Å². The number of fused-ring (bicyclic) bond motifs is 1. The number of ether oxygens (including phenoxy) is 1. The SMILES string of the molecule is CC(C)(C)OC(=O)NC1CCCN(c2c(Br)cnc3[nH]cc(NC(=O)CS(C)(=O)=O)c23)C1. The summed E-state index contributed by atoms with van der Waals surface area (Å²) in [4.78, 5) is 33.9. The summed E-state index contributed by atoms with van der Waals surface area (Å²) < 4.78 is 29.0. The monoisotopic (exact) mass is 529 g/mol. The number of pyridine rings is 1. The number of piperidine rings is 1. The molecular weight excluding hydrogens is 502 g/mol. The van der Waals surface area contributed by atoms with Crippen LogP contribution >= 0.6 is 15.9 Å². The lowest BCUT2D eigenvalue weighted by molar-refractivity contribution is -0.113. The van der Waals surface area contributed by atoms with Crippen LogP contribution in [-0.2, 0) is 19.4 Å². The molecule has 12 heteroatoms. The van der Waals surface area contributed by atoms with E-state index in [2.05, 4.69) is 41.4 Å². The molecule has 0 spiro atoms. The molecule has 1 aliphatic rings. The van der Waals surface area contributed by atoms with Gasteiger partial charge >= 0.3 is 6.09 Å². The normalized spacial score (nSPS) is 17.3. The van der Waals surface area contributed by atoms with Crippen molar-refractivity contribution in [3.8, 4) is 0 Å². The number of alkyl carbamates (subject to hydrolysis) is 1. The van der Waals surface area contributed by atoms with Crippen LogP contribution in [0.3, 0.4) is 0 Å². The average Bonchev–Trinajstić information content (AvgIpc) is 3.01. The molecule has 0 radical (unpaired) electrons. The van der Waals surface area contributed by atoms with Gasteiger partial charge in [-0.2, -0.15) is 0 Å². The predicted molar refractivity (Wildman–Crippen MR) is 127 cm³/mol. The fraction of sp³-hybridized carbons (Fsp3) is 0.550. The van der Waals surface area contributed by atoms with Crippen molar-refractivity contribution in [3.63, 3.8) is 0 Å². The second-order valence-corrected chi connectivity index (χ2v) is 11.9. The van der Waals surface area contributed by atoms with Crippen molar-refractivity contribution in [2.24, 2.45) is 0 Å². The van der Waals surface area contributed by atoms with Crippen molar-refractivity contribution >= 4 is 60.2 Å². The van der Waals surface area contributed by atoms with Gasteiger partial charge in [0, 0.05) is 37.8 Å². The highest BCUT2D eigenvalue weighted by molar-refractivity contribution is 9.10. The molecular formula is C20H28BrN5O5S. The summed E-state index contributed by atoms with van der Waals surface area (Å²) >= 11 is 3.56. The number of anilines is 2. The van der Waals surface area contributed by atoms with Crippen LogP contribution < -0.4 is 15.5 Å². The van der Waals surface area contributed by atoms with Crippen LogP contribution in [0.25, 0.3) is 11.0 Å². The van der Waals surface area contributed by atoms with Gasteiger partial charge in [-0.25, -0.2) is 18.2 Å². The number of H-pyrrole nitrogens is 1. The molecule has 176 valence electrons. The Kier molecular flexibility index (Phi) is 7.03. The summed E-state index contributed by atoms with van der Waals surface area (Å²) in [6, 6.07) is -0.115. The van der Waals surface area contributed by atoms with Crippen LogP contribution in [0.5, 0.6) is 0 Å². The van der Waals surface area contributed by atoms with Crippen molar-refractivity contribution in [3.05, 3.63) is 16.9 Å². The van der Waals surface area contributed by atoms with E-state index in [4.69, 9.17) is 4.74 Å². The van der Waals surface area contributed by atoms with E-state index in [1.54, 1.807) is 12.4 Å². The van der Waals surface area contributed by atoms with E-state index in [0.29, 0.717) is 23.3 Å². The number of nitrogens with one attached hydrogen (secondary N) is 3. The third-order valence-corrected chi connectivity index (χ3v) is 6.12. The van der Waals surface area contributed by atoms with E-state index in [0.717, 1.165) is 35.8 Å². The number of amides is 2. The first-order valence-electron chi connectivity index (χ1n) is 10.2. The number of hydrogen-bond acceptors (Lipinski definition) is 7. The molecule has 2 amide bonds.